The van der Waals surface area contributed by atoms with Gasteiger partial charge in [-0.1, -0.05) is 23.3 Å². The summed E-state index contributed by atoms with van der Waals surface area (Å²) in [4.78, 5) is 0. The van der Waals surface area contributed by atoms with Crippen LogP contribution in [0.2, 0.25) is 0 Å². The zero-order valence-electron chi connectivity index (χ0n) is 11.0. The average molecular weight is 220 g/mol. The van der Waals surface area contributed by atoms with Gasteiger partial charge in [-0.15, -0.1) is 0 Å². The summed E-state index contributed by atoms with van der Waals surface area (Å²) < 4.78 is 5.75. The number of hydrogen-bond donors (Lipinski definition) is 0. The summed E-state index contributed by atoms with van der Waals surface area (Å²) in [7, 11) is 0. The first-order valence-electron chi connectivity index (χ1n) is 6.49. The van der Waals surface area contributed by atoms with Gasteiger partial charge in [-0.2, -0.15) is 0 Å². The van der Waals surface area contributed by atoms with E-state index < -0.39 is 0 Å². The molecule has 0 amide bonds. The van der Waals surface area contributed by atoms with Crippen LogP contribution in [0.5, 0.6) is 0 Å². The minimum absolute atomic E-state index is 0.261. The van der Waals surface area contributed by atoms with Crippen LogP contribution in [0.3, 0.4) is 0 Å². The SMILES string of the molecule is CC(C)=CC/C=C(/C)[C@H]1CC[C@@]2(C)O[C@@H]2C1. The molecule has 1 saturated heterocycles. The molecule has 0 spiro atoms. The highest BCUT2D eigenvalue weighted by Crippen LogP contribution is 2.50. The molecule has 2 rings (SSSR count). The predicted octanol–water partition coefficient (Wildman–Crippen LogP) is 4.25. The molecule has 0 unspecified atom stereocenters. The Hall–Kier alpha value is -0.560. The molecule has 2 aliphatic rings. The van der Waals surface area contributed by atoms with E-state index in [-0.39, 0.29) is 5.60 Å². The lowest BCUT2D eigenvalue weighted by molar-refractivity contribution is 0.303. The molecule has 1 aliphatic heterocycles. The van der Waals surface area contributed by atoms with Crippen LogP contribution in [0.4, 0.5) is 0 Å². The van der Waals surface area contributed by atoms with Crippen LogP contribution in [0, 0.1) is 5.92 Å². The van der Waals surface area contributed by atoms with Gasteiger partial charge in [0.15, 0.2) is 0 Å². The molecule has 3 atom stereocenters. The van der Waals surface area contributed by atoms with Crippen molar-refractivity contribution in [3.63, 3.8) is 0 Å². The lowest BCUT2D eigenvalue weighted by Crippen LogP contribution is -2.21. The van der Waals surface area contributed by atoms with Gasteiger partial charge in [0.05, 0.1) is 11.7 Å². The summed E-state index contributed by atoms with van der Waals surface area (Å²) in [5.41, 5.74) is 3.23. The molecule has 1 saturated carbocycles. The smallest absolute Gasteiger partial charge is 0.0920 e. The van der Waals surface area contributed by atoms with E-state index in [0.717, 1.165) is 12.3 Å². The number of ether oxygens (including phenoxy) is 1. The van der Waals surface area contributed by atoms with Gasteiger partial charge in [0, 0.05) is 0 Å². The third-order valence-corrected chi connectivity index (χ3v) is 4.13. The molecule has 1 aliphatic carbocycles. The Morgan fingerprint density at radius 2 is 2.06 bits per heavy atom. The maximum absolute atomic E-state index is 5.75. The fraction of sp³-hybridized carbons (Fsp3) is 0.733. The van der Waals surface area contributed by atoms with Gasteiger partial charge in [0.25, 0.3) is 0 Å². The van der Waals surface area contributed by atoms with Crippen LogP contribution < -0.4 is 0 Å². The van der Waals surface area contributed by atoms with Crippen LogP contribution in [0.25, 0.3) is 0 Å². The van der Waals surface area contributed by atoms with Crippen molar-refractivity contribution in [1.29, 1.82) is 0 Å². The van der Waals surface area contributed by atoms with Gasteiger partial charge >= 0.3 is 0 Å². The first-order valence-corrected chi connectivity index (χ1v) is 6.49. The maximum Gasteiger partial charge on any atom is 0.0920 e. The zero-order chi connectivity index (χ0) is 11.8. The lowest BCUT2D eigenvalue weighted by atomic mass is 9.79. The number of fused-ring (bicyclic) bond motifs is 1. The Balaban J connectivity index is 1.86. The lowest BCUT2D eigenvalue weighted by Gasteiger charge is -2.23. The topological polar surface area (TPSA) is 12.5 Å². The van der Waals surface area contributed by atoms with E-state index in [2.05, 4.69) is 39.8 Å². The van der Waals surface area contributed by atoms with E-state index >= 15 is 0 Å². The Labute approximate surface area is 99.6 Å². The molecular formula is C15H24O. The fourth-order valence-corrected chi connectivity index (χ4v) is 2.71. The molecule has 1 nitrogen and oxygen atoms in total. The van der Waals surface area contributed by atoms with Crippen molar-refractivity contribution < 1.29 is 4.74 Å². The van der Waals surface area contributed by atoms with Gasteiger partial charge in [0.2, 0.25) is 0 Å². The van der Waals surface area contributed by atoms with Crippen molar-refractivity contribution in [2.24, 2.45) is 5.92 Å². The van der Waals surface area contributed by atoms with Crippen LogP contribution in [-0.2, 0) is 4.74 Å². The number of epoxide rings is 1. The Morgan fingerprint density at radius 3 is 2.69 bits per heavy atom. The number of hydrogen-bond acceptors (Lipinski definition) is 1. The summed E-state index contributed by atoms with van der Waals surface area (Å²) in [6, 6.07) is 0. The van der Waals surface area contributed by atoms with E-state index in [1.807, 2.05) is 0 Å². The van der Waals surface area contributed by atoms with Crippen molar-refractivity contribution in [1.82, 2.24) is 0 Å². The van der Waals surface area contributed by atoms with Gasteiger partial charge in [-0.25, -0.2) is 0 Å². The summed E-state index contributed by atoms with van der Waals surface area (Å²) in [5, 5.41) is 0. The monoisotopic (exact) mass is 220 g/mol. The fourth-order valence-electron chi connectivity index (χ4n) is 2.71. The van der Waals surface area contributed by atoms with Gasteiger partial charge in [0.1, 0.15) is 0 Å². The van der Waals surface area contributed by atoms with Crippen molar-refractivity contribution in [2.45, 2.75) is 65.1 Å². The van der Waals surface area contributed by atoms with Gasteiger partial charge < -0.3 is 4.74 Å². The Morgan fingerprint density at radius 1 is 1.31 bits per heavy atom. The minimum Gasteiger partial charge on any atom is -0.366 e. The third-order valence-electron chi connectivity index (χ3n) is 4.13. The Bertz CT molecular complexity index is 322. The van der Waals surface area contributed by atoms with Gasteiger partial charge in [-0.3, -0.25) is 0 Å². The second-order valence-electron chi connectivity index (χ2n) is 5.86. The molecule has 0 aromatic rings. The van der Waals surface area contributed by atoms with Crippen molar-refractivity contribution >= 4 is 0 Å². The molecule has 0 aromatic heterocycles. The molecule has 0 aromatic carbocycles. The first kappa shape index (κ1) is 11.9. The summed E-state index contributed by atoms with van der Waals surface area (Å²) in [5.74, 6) is 0.770. The summed E-state index contributed by atoms with van der Waals surface area (Å²) in [6.45, 7) is 8.87. The van der Waals surface area contributed by atoms with Crippen molar-refractivity contribution in [2.75, 3.05) is 0 Å². The minimum atomic E-state index is 0.261. The molecular weight excluding hydrogens is 196 g/mol. The van der Waals surface area contributed by atoms with E-state index in [4.69, 9.17) is 4.74 Å². The van der Waals surface area contributed by atoms with E-state index in [1.54, 1.807) is 5.57 Å². The quantitative estimate of drug-likeness (QED) is 0.512. The average Bonchev–Trinajstić information content (AvgIpc) is 2.87. The highest BCUT2D eigenvalue weighted by molar-refractivity contribution is 5.14. The molecule has 1 heterocycles. The Kier molecular flexibility index (Phi) is 3.25. The summed E-state index contributed by atoms with van der Waals surface area (Å²) >= 11 is 0. The van der Waals surface area contributed by atoms with E-state index in [1.165, 1.54) is 24.8 Å². The van der Waals surface area contributed by atoms with Crippen LogP contribution in [0.1, 0.15) is 53.4 Å². The molecule has 0 bridgehead atoms. The normalized spacial score (nSPS) is 37.9. The molecule has 1 heteroatoms. The van der Waals surface area contributed by atoms with Crippen molar-refractivity contribution in [3.8, 4) is 0 Å². The molecule has 2 fully saturated rings. The van der Waals surface area contributed by atoms with Crippen LogP contribution in [-0.4, -0.2) is 11.7 Å². The highest BCUT2D eigenvalue weighted by atomic mass is 16.6. The van der Waals surface area contributed by atoms with Crippen LogP contribution >= 0.6 is 0 Å². The second-order valence-corrected chi connectivity index (χ2v) is 5.86. The zero-order valence-corrected chi connectivity index (χ0v) is 11.0. The predicted molar refractivity (Wildman–Crippen MR) is 68.4 cm³/mol. The largest absolute Gasteiger partial charge is 0.366 e. The number of allylic oxidation sites excluding steroid dienone is 4. The first-order chi connectivity index (χ1) is 7.51. The molecule has 0 radical (unpaired) electrons. The third kappa shape index (κ3) is 2.57. The van der Waals surface area contributed by atoms with Crippen LogP contribution in [0.15, 0.2) is 23.3 Å². The summed E-state index contributed by atoms with van der Waals surface area (Å²) in [6.07, 6.45) is 10.1. The number of rotatable bonds is 3. The standard InChI is InChI=1S/C15H24O/c1-11(2)6-5-7-12(3)13-8-9-15(4)14(10-13)16-15/h6-7,13-14H,5,8-10H2,1-4H3/b12-7-/t13-,14+,15+/m0/s1. The van der Waals surface area contributed by atoms with E-state index in [9.17, 15) is 0 Å². The van der Waals surface area contributed by atoms with Gasteiger partial charge in [-0.05, 0) is 59.3 Å². The van der Waals surface area contributed by atoms with Crippen molar-refractivity contribution in [3.05, 3.63) is 23.3 Å². The van der Waals surface area contributed by atoms with E-state index in [0.29, 0.717) is 6.10 Å². The second kappa shape index (κ2) is 4.37. The molecule has 16 heavy (non-hydrogen) atoms. The molecule has 90 valence electrons. The molecule has 0 N–H and O–H groups in total. The maximum atomic E-state index is 5.75. The highest BCUT2D eigenvalue weighted by Gasteiger charge is 2.55.